The standard InChI is InChI=1S/C20H20N4O3S/c25-20(16-3-6-19-21-7-8-23(19)13-16)22-11-14-1-4-18(5-2-14)28(26,27)24-12-15-9-17(24)10-15/h1-8,13,15,17H,9-12H2,(H,22,25). The first-order chi connectivity index (χ1) is 13.5. The van der Waals surface area contributed by atoms with Crippen molar-refractivity contribution in [1.29, 1.82) is 0 Å². The normalized spacial score (nSPS) is 21.6. The smallest absolute Gasteiger partial charge is 0.253 e. The Hall–Kier alpha value is -2.71. The van der Waals surface area contributed by atoms with Crippen LogP contribution in [0, 0.1) is 5.92 Å². The number of nitrogens with zero attached hydrogens (tertiary/aromatic N) is 3. The van der Waals surface area contributed by atoms with Crippen LogP contribution in [0.25, 0.3) is 5.65 Å². The molecule has 0 spiro atoms. The van der Waals surface area contributed by atoms with Crippen LogP contribution in [0.1, 0.15) is 28.8 Å². The van der Waals surface area contributed by atoms with E-state index in [9.17, 15) is 13.2 Å². The second-order valence-electron chi connectivity index (χ2n) is 7.50. The summed E-state index contributed by atoms with van der Waals surface area (Å²) >= 11 is 0. The van der Waals surface area contributed by atoms with Crippen LogP contribution in [0.3, 0.4) is 0 Å². The Kier molecular flexibility index (Phi) is 3.99. The highest BCUT2D eigenvalue weighted by Gasteiger charge is 2.48. The molecule has 144 valence electrons. The molecule has 1 N–H and O–H groups in total. The topological polar surface area (TPSA) is 83.8 Å². The fourth-order valence-corrected chi connectivity index (χ4v) is 5.76. The number of carbonyl (C=O) groups excluding carboxylic acids is 1. The first-order valence-electron chi connectivity index (χ1n) is 9.32. The number of amides is 1. The predicted molar refractivity (Wildman–Crippen MR) is 103 cm³/mol. The Bertz CT molecular complexity index is 1150. The van der Waals surface area contributed by atoms with Gasteiger partial charge in [0.2, 0.25) is 10.0 Å². The number of aromatic nitrogens is 2. The van der Waals surface area contributed by atoms with Gasteiger partial charge in [0.1, 0.15) is 5.65 Å². The summed E-state index contributed by atoms with van der Waals surface area (Å²) in [5.41, 5.74) is 2.17. The average Bonchev–Trinajstić information content (AvgIpc) is 3.40. The summed E-state index contributed by atoms with van der Waals surface area (Å²) in [7, 11) is -3.42. The van der Waals surface area contributed by atoms with Gasteiger partial charge in [-0.15, -0.1) is 0 Å². The molecule has 1 aliphatic carbocycles. The van der Waals surface area contributed by atoms with Crippen LogP contribution >= 0.6 is 0 Å². The summed E-state index contributed by atoms with van der Waals surface area (Å²) in [6.07, 6.45) is 7.19. The van der Waals surface area contributed by atoms with E-state index in [2.05, 4.69) is 10.3 Å². The van der Waals surface area contributed by atoms with Crippen molar-refractivity contribution in [2.45, 2.75) is 30.3 Å². The van der Waals surface area contributed by atoms with Crippen LogP contribution in [0.2, 0.25) is 0 Å². The van der Waals surface area contributed by atoms with Gasteiger partial charge >= 0.3 is 0 Å². The maximum atomic E-state index is 12.8. The van der Waals surface area contributed by atoms with E-state index >= 15 is 0 Å². The van der Waals surface area contributed by atoms with Crippen LogP contribution < -0.4 is 5.32 Å². The van der Waals surface area contributed by atoms with Gasteiger partial charge in [0, 0.05) is 37.7 Å². The fraction of sp³-hybridized carbons (Fsp3) is 0.300. The molecule has 0 atom stereocenters. The fourth-order valence-electron chi connectivity index (χ4n) is 4.04. The van der Waals surface area contributed by atoms with Crippen LogP contribution in [0.5, 0.6) is 0 Å². The number of rotatable bonds is 5. The summed E-state index contributed by atoms with van der Waals surface area (Å²) in [4.78, 5) is 16.9. The van der Waals surface area contributed by atoms with Gasteiger partial charge in [0.25, 0.3) is 5.91 Å². The molecule has 1 saturated carbocycles. The Balaban J connectivity index is 1.25. The molecule has 2 aromatic heterocycles. The van der Waals surface area contributed by atoms with Gasteiger partial charge in [0.15, 0.2) is 0 Å². The molecular weight excluding hydrogens is 376 g/mol. The number of carbonyl (C=O) groups is 1. The SMILES string of the molecule is O=C(NCc1ccc(S(=O)(=O)N2CC3CC2C3)cc1)c1ccc2nccn2c1. The van der Waals surface area contributed by atoms with Crippen LogP contribution in [-0.2, 0) is 16.6 Å². The minimum atomic E-state index is -3.42. The minimum Gasteiger partial charge on any atom is -0.348 e. The minimum absolute atomic E-state index is 0.182. The molecule has 3 aliphatic rings. The summed E-state index contributed by atoms with van der Waals surface area (Å²) in [5.74, 6) is 0.347. The van der Waals surface area contributed by atoms with E-state index in [0.717, 1.165) is 24.1 Å². The Morgan fingerprint density at radius 2 is 1.93 bits per heavy atom. The molecule has 2 saturated heterocycles. The lowest BCUT2D eigenvalue weighted by atomic mass is 9.87. The van der Waals surface area contributed by atoms with E-state index in [1.54, 1.807) is 63.7 Å². The van der Waals surface area contributed by atoms with Crippen LogP contribution in [0.4, 0.5) is 0 Å². The molecule has 1 aromatic carbocycles. The van der Waals surface area contributed by atoms with Gasteiger partial charge in [0.05, 0.1) is 10.5 Å². The molecular formula is C20H20N4O3S. The van der Waals surface area contributed by atoms with E-state index in [1.807, 2.05) is 0 Å². The van der Waals surface area contributed by atoms with Gasteiger partial charge < -0.3 is 9.72 Å². The number of imidazole rings is 1. The molecule has 28 heavy (non-hydrogen) atoms. The molecule has 7 nitrogen and oxygen atoms in total. The molecule has 2 bridgehead atoms. The van der Waals surface area contributed by atoms with E-state index in [0.29, 0.717) is 29.5 Å². The highest BCUT2D eigenvalue weighted by atomic mass is 32.2. The number of hydrogen-bond acceptors (Lipinski definition) is 4. The molecule has 4 heterocycles. The highest BCUT2D eigenvalue weighted by Crippen LogP contribution is 2.43. The summed E-state index contributed by atoms with van der Waals surface area (Å²) in [5, 5.41) is 2.87. The van der Waals surface area contributed by atoms with Crippen LogP contribution in [0.15, 0.2) is 59.9 Å². The first kappa shape index (κ1) is 17.4. The zero-order valence-corrected chi connectivity index (χ0v) is 16.0. The quantitative estimate of drug-likeness (QED) is 0.715. The Labute approximate surface area is 163 Å². The predicted octanol–water partition coefficient (Wildman–Crippen LogP) is 2.05. The summed E-state index contributed by atoms with van der Waals surface area (Å²) in [6, 6.07) is 10.5. The summed E-state index contributed by atoms with van der Waals surface area (Å²) in [6.45, 7) is 0.974. The van der Waals surface area contributed by atoms with Crippen molar-refractivity contribution >= 4 is 21.6 Å². The van der Waals surface area contributed by atoms with Crippen molar-refractivity contribution in [3.8, 4) is 0 Å². The third-order valence-corrected chi connectivity index (χ3v) is 7.62. The van der Waals surface area contributed by atoms with Gasteiger partial charge in [-0.2, -0.15) is 4.31 Å². The van der Waals surface area contributed by atoms with Crippen molar-refractivity contribution in [2.24, 2.45) is 5.92 Å². The van der Waals surface area contributed by atoms with Gasteiger partial charge in [-0.05, 0) is 48.6 Å². The summed E-state index contributed by atoms with van der Waals surface area (Å²) < 4.78 is 29.0. The lowest BCUT2D eigenvalue weighted by Crippen LogP contribution is -2.34. The average molecular weight is 396 g/mol. The highest BCUT2D eigenvalue weighted by molar-refractivity contribution is 7.89. The van der Waals surface area contributed by atoms with Crippen molar-refractivity contribution in [3.63, 3.8) is 0 Å². The third kappa shape index (κ3) is 2.89. The number of benzene rings is 1. The number of sulfonamides is 1. The lowest BCUT2D eigenvalue weighted by Gasteiger charge is -2.25. The maximum absolute atomic E-state index is 12.8. The monoisotopic (exact) mass is 396 g/mol. The Morgan fingerprint density at radius 3 is 2.64 bits per heavy atom. The van der Waals surface area contributed by atoms with Gasteiger partial charge in [-0.25, -0.2) is 13.4 Å². The zero-order valence-electron chi connectivity index (χ0n) is 15.2. The largest absolute Gasteiger partial charge is 0.348 e. The molecule has 2 aliphatic heterocycles. The zero-order chi connectivity index (χ0) is 19.3. The molecule has 0 unspecified atom stereocenters. The van der Waals surface area contributed by atoms with E-state index in [-0.39, 0.29) is 11.9 Å². The van der Waals surface area contributed by atoms with Crippen molar-refractivity contribution < 1.29 is 13.2 Å². The maximum Gasteiger partial charge on any atom is 0.253 e. The first-order valence-corrected chi connectivity index (χ1v) is 10.8. The molecule has 0 radical (unpaired) electrons. The van der Waals surface area contributed by atoms with E-state index < -0.39 is 10.0 Å². The molecule has 3 fully saturated rings. The van der Waals surface area contributed by atoms with Crippen molar-refractivity contribution in [2.75, 3.05) is 6.54 Å². The van der Waals surface area contributed by atoms with Gasteiger partial charge in [-0.3, -0.25) is 4.79 Å². The number of fused-ring (bicyclic) bond motifs is 2. The van der Waals surface area contributed by atoms with E-state index in [1.165, 1.54) is 0 Å². The molecule has 6 rings (SSSR count). The molecule has 3 aromatic rings. The second kappa shape index (κ2) is 6.42. The second-order valence-corrected chi connectivity index (χ2v) is 9.39. The lowest BCUT2D eigenvalue weighted by molar-refractivity contribution is 0.0950. The molecule has 8 heteroatoms. The Morgan fingerprint density at radius 1 is 1.14 bits per heavy atom. The van der Waals surface area contributed by atoms with E-state index in [4.69, 9.17) is 0 Å². The van der Waals surface area contributed by atoms with Crippen molar-refractivity contribution in [1.82, 2.24) is 19.0 Å². The van der Waals surface area contributed by atoms with Gasteiger partial charge in [-0.1, -0.05) is 12.1 Å². The third-order valence-electron chi connectivity index (χ3n) is 5.69. The number of pyridine rings is 1. The van der Waals surface area contributed by atoms with Crippen LogP contribution in [-0.4, -0.2) is 40.6 Å². The number of nitrogens with one attached hydrogen (secondary N) is 1. The molecule has 1 amide bonds. The number of hydrogen-bond donors (Lipinski definition) is 1. The van der Waals surface area contributed by atoms with Crippen molar-refractivity contribution in [3.05, 3.63) is 66.1 Å².